The van der Waals surface area contributed by atoms with Crippen molar-refractivity contribution in [1.82, 2.24) is 19.8 Å². The van der Waals surface area contributed by atoms with E-state index in [1.54, 1.807) is 6.07 Å². The van der Waals surface area contributed by atoms with Crippen LogP contribution in [-0.4, -0.2) is 79.6 Å². The highest BCUT2D eigenvalue weighted by Gasteiger charge is 2.66. The second kappa shape index (κ2) is 10.6. The summed E-state index contributed by atoms with van der Waals surface area (Å²) in [6.07, 6.45) is 18.9. The molecule has 6 heterocycles. The number of nitrogens with one attached hydrogen (secondary N) is 1. The lowest BCUT2D eigenvalue weighted by atomic mass is 9.54. The lowest BCUT2D eigenvalue weighted by Crippen LogP contribution is -2.65. The number of ketones is 1. The van der Waals surface area contributed by atoms with Gasteiger partial charge in [0, 0.05) is 53.9 Å². The second-order valence-corrected chi connectivity index (χ2v) is 14.0. The van der Waals surface area contributed by atoms with Crippen LogP contribution in [-0.2, 0) is 4.79 Å². The van der Waals surface area contributed by atoms with E-state index in [9.17, 15) is 15.0 Å². The van der Waals surface area contributed by atoms with Crippen molar-refractivity contribution in [2.24, 2.45) is 11.3 Å². The summed E-state index contributed by atoms with van der Waals surface area (Å²) in [5.74, 6) is 0.898. The monoisotopic (exact) mass is 580 g/mol. The van der Waals surface area contributed by atoms with Crippen LogP contribution in [0.1, 0.15) is 76.3 Å². The first kappa shape index (κ1) is 27.5. The highest BCUT2D eigenvalue weighted by molar-refractivity contribution is 6.11. The van der Waals surface area contributed by atoms with Gasteiger partial charge in [0.25, 0.3) is 0 Å². The number of hydrogen-bond acceptors (Lipinski definition) is 6. The molecule has 1 aromatic carbocycles. The van der Waals surface area contributed by atoms with Crippen LogP contribution in [0.15, 0.2) is 48.7 Å². The fraction of sp³-hybridized carbons (Fsp3) is 0.556. The van der Waals surface area contributed by atoms with Gasteiger partial charge in [-0.3, -0.25) is 14.7 Å². The number of piperidine rings is 1. The van der Waals surface area contributed by atoms with Gasteiger partial charge in [-0.2, -0.15) is 0 Å². The number of aromatic nitrogens is 2. The Morgan fingerprint density at radius 1 is 0.953 bits per heavy atom. The molecular weight excluding hydrogens is 536 g/mol. The summed E-state index contributed by atoms with van der Waals surface area (Å²) in [5, 5.41) is 25.8. The smallest absolute Gasteiger partial charge is 0.139 e. The van der Waals surface area contributed by atoms with E-state index in [1.807, 2.05) is 18.3 Å². The standard InChI is InChI=1S/C36H44N4O3/c41-25-9-8-19-40-24(12-13-25)21-35-23-39-18-6-4-2-1-3-5-16-36(43,34(35)40)22-28(29(35)15-20-39)32-33-27(14-17-37-32)26-10-7-11-30(42)31(26)38-33/h1,3,7,10-11,14,17,22,24,29,34,38,42-43H,2,4-6,8-9,12-13,15-16,18-21,23H2/b3-1-/t24-,29?,34+,35-,36-/m0/s1. The number of aromatic hydroxyl groups is 1. The van der Waals surface area contributed by atoms with Crippen LogP contribution in [0.2, 0.25) is 0 Å². The summed E-state index contributed by atoms with van der Waals surface area (Å²) in [7, 11) is 0. The van der Waals surface area contributed by atoms with Gasteiger partial charge in [0.15, 0.2) is 0 Å². The Bertz CT molecular complexity index is 1630. The van der Waals surface area contributed by atoms with Crippen molar-refractivity contribution in [1.29, 1.82) is 0 Å². The molecular formula is C36H44N4O3. The number of allylic oxidation sites excluding steroid dienone is 3. The zero-order chi connectivity index (χ0) is 29.2. The van der Waals surface area contributed by atoms with Crippen molar-refractivity contribution < 1.29 is 15.0 Å². The molecule has 7 heteroatoms. The molecule has 2 aromatic heterocycles. The first-order valence-electron chi connectivity index (χ1n) is 16.7. The number of para-hydroxylation sites is 1. The normalized spacial score (nSPS) is 36.1. The molecule has 0 radical (unpaired) electrons. The Morgan fingerprint density at radius 2 is 1.84 bits per heavy atom. The summed E-state index contributed by atoms with van der Waals surface area (Å²) >= 11 is 0. The van der Waals surface area contributed by atoms with Crippen molar-refractivity contribution in [2.45, 2.75) is 88.3 Å². The van der Waals surface area contributed by atoms with Crippen LogP contribution >= 0.6 is 0 Å². The predicted molar refractivity (Wildman–Crippen MR) is 170 cm³/mol. The molecule has 1 spiro atoms. The number of Topliss-reactive ketones (excluding diaryl/α,β-unsaturated/α-hetero) is 1. The number of pyridine rings is 1. The van der Waals surface area contributed by atoms with Crippen molar-refractivity contribution in [3.63, 3.8) is 0 Å². The summed E-state index contributed by atoms with van der Waals surface area (Å²) in [5.41, 5.74) is 2.63. The number of phenols is 1. The number of aromatic amines is 1. The minimum Gasteiger partial charge on any atom is -0.506 e. The Kier molecular flexibility index (Phi) is 6.77. The van der Waals surface area contributed by atoms with Crippen LogP contribution in [0.25, 0.3) is 27.4 Å². The van der Waals surface area contributed by atoms with Crippen LogP contribution in [0.5, 0.6) is 5.75 Å². The van der Waals surface area contributed by atoms with E-state index < -0.39 is 5.60 Å². The van der Waals surface area contributed by atoms with E-state index in [0.717, 1.165) is 92.2 Å². The summed E-state index contributed by atoms with van der Waals surface area (Å²) in [6, 6.07) is 8.04. The van der Waals surface area contributed by atoms with Crippen LogP contribution in [0.4, 0.5) is 0 Å². The fourth-order valence-corrected chi connectivity index (χ4v) is 9.92. The lowest BCUT2D eigenvalue weighted by molar-refractivity contribution is -0.120. The largest absolute Gasteiger partial charge is 0.506 e. The van der Waals surface area contributed by atoms with E-state index in [-0.39, 0.29) is 23.1 Å². The molecule has 226 valence electrons. The maximum atomic E-state index is 13.1. The lowest BCUT2D eigenvalue weighted by Gasteiger charge is -2.58. The Balaban J connectivity index is 1.34. The van der Waals surface area contributed by atoms with Gasteiger partial charge in [-0.1, -0.05) is 24.3 Å². The summed E-state index contributed by atoms with van der Waals surface area (Å²) in [4.78, 5) is 26.5. The number of carbonyl (C=O) groups excluding carboxylic acids is 1. The molecule has 0 saturated carbocycles. The highest BCUT2D eigenvalue weighted by Crippen LogP contribution is 2.62. The number of benzene rings is 1. The molecule has 2 unspecified atom stereocenters. The van der Waals surface area contributed by atoms with E-state index >= 15 is 0 Å². The maximum absolute atomic E-state index is 13.1. The molecule has 0 amide bonds. The maximum Gasteiger partial charge on any atom is 0.139 e. The first-order chi connectivity index (χ1) is 21.0. The van der Waals surface area contributed by atoms with E-state index in [2.05, 4.69) is 39.1 Å². The van der Waals surface area contributed by atoms with Gasteiger partial charge >= 0.3 is 0 Å². The molecule has 43 heavy (non-hydrogen) atoms. The zero-order valence-corrected chi connectivity index (χ0v) is 25.1. The molecule has 8 rings (SSSR count). The van der Waals surface area contributed by atoms with Gasteiger partial charge in [0.2, 0.25) is 0 Å². The first-order valence-corrected chi connectivity index (χ1v) is 16.7. The van der Waals surface area contributed by atoms with Crippen molar-refractivity contribution >= 4 is 33.2 Å². The number of nitrogens with zero attached hydrogens (tertiary/aromatic N) is 3. The molecule has 4 aliphatic heterocycles. The third-order valence-electron chi connectivity index (χ3n) is 11.6. The summed E-state index contributed by atoms with van der Waals surface area (Å²) in [6.45, 7) is 4.02. The average molecular weight is 581 g/mol. The van der Waals surface area contributed by atoms with Gasteiger partial charge in [0.05, 0.1) is 22.3 Å². The highest BCUT2D eigenvalue weighted by atomic mass is 16.3. The fourth-order valence-electron chi connectivity index (χ4n) is 9.92. The Morgan fingerprint density at radius 3 is 2.77 bits per heavy atom. The number of aliphatic hydroxyl groups is 1. The van der Waals surface area contributed by atoms with Gasteiger partial charge in [-0.15, -0.1) is 0 Å². The minimum absolute atomic E-state index is 0.0230. The number of phenolic OH excluding ortho intramolecular Hbond substituents is 1. The van der Waals surface area contributed by atoms with E-state index in [1.165, 1.54) is 18.4 Å². The molecule has 3 aromatic rings. The molecule has 1 aliphatic carbocycles. The Hall–Kier alpha value is -3.00. The molecule has 5 aliphatic rings. The molecule has 6 atom stereocenters. The number of H-pyrrole nitrogens is 1. The van der Waals surface area contributed by atoms with Crippen molar-refractivity contribution in [2.75, 3.05) is 26.2 Å². The van der Waals surface area contributed by atoms with Crippen LogP contribution < -0.4 is 0 Å². The molecule has 3 fully saturated rings. The van der Waals surface area contributed by atoms with Gasteiger partial charge in [0.1, 0.15) is 11.5 Å². The number of fused-ring (bicyclic) bond motifs is 5. The quantitative estimate of drug-likeness (QED) is 0.308. The SMILES string of the molecule is O=C1CCCN2[C@@H](CC1)C[C@]13CN4CCCC/C=C\CC[C@](O)(C=C(c5nccc6c5[nH]c5c(O)cccc56)C1CC4)[C@H]23. The third kappa shape index (κ3) is 4.41. The average Bonchev–Trinajstić information content (AvgIpc) is 3.52. The predicted octanol–water partition coefficient (Wildman–Crippen LogP) is 5.96. The summed E-state index contributed by atoms with van der Waals surface area (Å²) < 4.78 is 0. The van der Waals surface area contributed by atoms with Crippen LogP contribution in [0.3, 0.4) is 0 Å². The molecule has 3 N–H and O–H groups in total. The zero-order valence-electron chi connectivity index (χ0n) is 25.1. The second-order valence-electron chi connectivity index (χ2n) is 14.0. The van der Waals surface area contributed by atoms with Gasteiger partial charge in [-0.25, -0.2) is 0 Å². The van der Waals surface area contributed by atoms with Crippen molar-refractivity contribution in [3.05, 3.63) is 54.4 Å². The van der Waals surface area contributed by atoms with Gasteiger partial charge < -0.3 is 20.1 Å². The number of carbonyl (C=O) groups is 1. The molecule has 3 saturated heterocycles. The van der Waals surface area contributed by atoms with Gasteiger partial charge in [-0.05, 0) is 107 Å². The molecule has 7 nitrogen and oxygen atoms in total. The molecule has 3 bridgehead atoms. The topological polar surface area (TPSA) is 92.7 Å². The minimum atomic E-state index is -1.01. The van der Waals surface area contributed by atoms with E-state index in [0.29, 0.717) is 31.1 Å². The van der Waals surface area contributed by atoms with Crippen LogP contribution in [0, 0.1) is 11.3 Å². The Labute approximate surface area is 253 Å². The van der Waals surface area contributed by atoms with Crippen molar-refractivity contribution in [3.8, 4) is 5.75 Å². The van der Waals surface area contributed by atoms with E-state index in [4.69, 9.17) is 4.98 Å². The third-order valence-corrected chi connectivity index (χ3v) is 11.6. The number of rotatable bonds is 1. The number of hydrogen-bond donors (Lipinski definition) is 3.